The standard InChI is InChI=1S/C23H29NO6S/c1-4-29-21-13-18-11-12-24(31(26,27)16-17-9-7-6-8-10-17)20(15-23(25)28-3)19(18)14-22(21)30-5-2/h6-10,13-14,20H,4-5,11-12,15-16H2,1-3H3. The molecule has 0 fully saturated rings. The maximum absolute atomic E-state index is 13.3. The Morgan fingerprint density at radius 1 is 1.06 bits per heavy atom. The first kappa shape index (κ1) is 23.1. The lowest BCUT2D eigenvalue weighted by atomic mass is 9.91. The van der Waals surface area contributed by atoms with Crippen molar-refractivity contribution in [2.24, 2.45) is 0 Å². The minimum atomic E-state index is -3.67. The molecule has 0 aliphatic carbocycles. The zero-order chi connectivity index (χ0) is 22.4. The van der Waals surface area contributed by atoms with E-state index in [0.717, 1.165) is 11.1 Å². The zero-order valence-electron chi connectivity index (χ0n) is 18.2. The Morgan fingerprint density at radius 2 is 1.71 bits per heavy atom. The number of methoxy groups -OCH3 is 1. The highest BCUT2D eigenvalue weighted by atomic mass is 32.2. The Bertz CT molecular complexity index is 1010. The SMILES string of the molecule is CCOc1cc2c(cc1OCC)C(CC(=O)OC)N(S(=O)(=O)Cc1ccccc1)CC2. The predicted octanol–water partition coefficient (Wildman–Crippen LogP) is 3.48. The van der Waals surface area contributed by atoms with Gasteiger partial charge in [-0.15, -0.1) is 0 Å². The van der Waals surface area contributed by atoms with Gasteiger partial charge in [0.05, 0.1) is 38.5 Å². The van der Waals surface area contributed by atoms with Crippen molar-refractivity contribution in [2.75, 3.05) is 26.9 Å². The van der Waals surface area contributed by atoms with Gasteiger partial charge in [-0.1, -0.05) is 30.3 Å². The van der Waals surface area contributed by atoms with Crippen LogP contribution in [-0.2, 0) is 31.7 Å². The monoisotopic (exact) mass is 447 g/mol. The summed E-state index contributed by atoms with van der Waals surface area (Å²) in [6.45, 7) is 4.98. The molecule has 2 aromatic rings. The Hall–Kier alpha value is -2.58. The highest BCUT2D eigenvalue weighted by Crippen LogP contribution is 2.41. The lowest BCUT2D eigenvalue weighted by Gasteiger charge is -2.36. The molecule has 0 saturated carbocycles. The van der Waals surface area contributed by atoms with E-state index < -0.39 is 22.0 Å². The van der Waals surface area contributed by atoms with Crippen LogP contribution in [-0.4, -0.2) is 45.6 Å². The average molecular weight is 448 g/mol. The zero-order valence-corrected chi connectivity index (χ0v) is 19.0. The fourth-order valence-electron chi connectivity index (χ4n) is 3.88. The molecule has 1 atom stereocenters. The fraction of sp³-hybridized carbons (Fsp3) is 0.435. The maximum atomic E-state index is 13.3. The molecule has 1 unspecified atom stereocenters. The smallest absolute Gasteiger partial charge is 0.307 e. The van der Waals surface area contributed by atoms with Crippen molar-refractivity contribution < 1.29 is 27.4 Å². The van der Waals surface area contributed by atoms with Crippen molar-refractivity contribution >= 4 is 16.0 Å². The molecular formula is C23H29NO6S. The van der Waals surface area contributed by atoms with Gasteiger partial charge in [0.1, 0.15) is 0 Å². The number of hydrogen-bond donors (Lipinski definition) is 0. The topological polar surface area (TPSA) is 82.1 Å². The van der Waals surface area contributed by atoms with Crippen LogP contribution < -0.4 is 9.47 Å². The number of carbonyl (C=O) groups excluding carboxylic acids is 1. The van der Waals surface area contributed by atoms with E-state index in [1.807, 2.05) is 44.2 Å². The molecule has 0 aromatic heterocycles. The summed E-state index contributed by atoms with van der Waals surface area (Å²) in [7, 11) is -2.37. The van der Waals surface area contributed by atoms with E-state index >= 15 is 0 Å². The minimum absolute atomic E-state index is 0.0724. The number of carbonyl (C=O) groups is 1. The number of sulfonamides is 1. The third-order valence-corrected chi connectivity index (χ3v) is 7.10. The van der Waals surface area contributed by atoms with Crippen molar-refractivity contribution in [1.82, 2.24) is 4.31 Å². The van der Waals surface area contributed by atoms with Crippen molar-refractivity contribution in [1.29, 1.82) is 0 Å². The largest absolute Gasteiger partial charge is 0.490 e. The number of ether oxygens (including phenoxy) is 3. The molecule has 1 aliphatic heterocycles. The molecule has 7 nitrogen and oxygen atoms in total. The molecule has 0 spiro atoms. The molecule has 168 valence electrons. The van der Waals surface area contributed by atoms with Gasteiger partial charge >= 0.3 is 5.97 Å². The second kappa shape index (κ2) is 10.2. The summed E-state index contributed by atoms with van der Waals surface area (Å²) >= 11 is 0. The van der Waals surface area contributed by atoms with Crippen LogP contribution in [0.4, 0.5) is 0 Å². The van der Waals surface area contributed by atoms with E-state index in [0.29, 0.717) is 36.7 Å². The van der Waals surface area contributed by atoms with Crippen LogP contribution in [0.1, 0.15) is 43.0 Å². The van der Waals surface area contributed by atoms with Gasteiger partial charge in [-0.05, 0) is 49.1 Å². The molecule has 0 N–H and O–H groups in total. The Morgan fingerprint density at radius 3 is 2.32 bits per heavy atom. The highest BCUT2D eigenvalue weighted by molar-refractivity contribution is 7.88. The molecule has 0 radical (unpaired) electrons. The first-order chi connectivity index (χ1) is 14.9. The number of fused-ring (bicyclic) bond motifs is 1. The summed E-state index contributed by atoms with van der Waals surface area (Å²) in [5.74, 6) is 0.571. The van der Waals surface area contributed by atoms with E-state index in [1.165, 1.54) is 11.4 Å². The van der Waals surface area contributed by atoms with Crippen LogP contribution in [0, 0.1) is 0 Å². The number of nitrogens with zero attached hydrogens (tertiary/aromatic N) is 1. The van der Waals surface area contributed by atoms with Crippen molar-refractivity contribution in [3.8, 4) is 11.5 Å². The van der Waals surface area contributed by atoms with Gasteiger partial charge in [0.2, 0.25) is 10.0 Å². The number of esters is 1. The van der Waals surface area contributed by atoms with Crippen LogP contribution in [0.2, 0.25) is 0 Å². The van der Waals surface area contributed by atoms with Crippen molar-refractivity contribution in [3.05, 3.63) is 59.2 Å². The predicted molar refractivity (Wildman–Crippen MR) is 118 cm³/mol. The third-order valence-electron chi connectivity index (χ3n) is 5.25. The first-order valence-corrected chi connectivity index (χ1v) is 12.0. The van der Waals surface area contributed by atoms with Gasteiger partial charge in [-0.2, -0.15) is 4.31 Å². The average Bonchev–Trinajstić information content (AvgIpc) is 2.75. The van der Waals surface area contributed by atoms with Crippen molar-refractivity contribution in [2.45, 2.75) is 38.5 Å². The van der Waals surface area contributed by atoms with E-state index in [9.17, 15) is 13.2 Å². The summed E-state index contributed by atoms with van der Waals surface area (Å²) in [5, 5.41) is 0. The van der Waals surface area contributed by atoms with Gasteiger partial charge in [-0.3, -0.25) is 4.79 Å². The second-order valence-corrected chi connectivity index (χ2v) is 9.18. The summed E-state index contributed by atoms with van der Waals surface area (Å²) in [6, 6.07) is 12.1. The third kappa shape index (κ3) is 5.37. The number of benzene rings is 2. The number of hydrogen-bond acceptors (Lipinski definition) is 6. The summed E-state index contributed by atoms with van der Waals surface area (Å²) in [5.41, 5.74) is 2.40. The lowest BCUT2D eigenvalue weighted by Crippen LogP contribution is -2.41. The highest BCUT2D eigenvalue weighted by Gasteiger charge is 2.37. The van der Waals surface area contributed by atoms with Gasteiger partial charge in [0, 0.05) is 6.54 Å². The Labute approximate surface area is 184 Å². The lowest BCUT2D eigenvalue weighted by molar-refractivity contribution is -0.141. The molecule has 2 aromatic carbocycles. The second-order valence-electron chi connectivity index (χ2n) is 7.26. The van der Waals surface area contributed by atoms with Gasteiger partial charge in [0.15, 0.2) is 11.5 Å². The summed E-state index contributed by atoms with van der Waals surface area (Å²) in [6.07, 6.45) is 0.449. The molecule has 0 bridgehead atoms. The fourth-order valence-corrected chi connectivity index (χ4v) is 5.60. The van der Waals surface area contributed by atoms with E-state index in [2.05, 4.69) is 0 Å². The number of rotatable bonds is 9. The maximum Gasteiger partial charge on any atom is 0.307 e. The van der Waals surface area contributed by atoms with Crippen LogP contribution in [0.3, 0.4) is 0 Å². The quantitative estimate of drug-likeness (QED) is 0.548. The molecule has 31 heavy (non-hydrogen) atoms. The Kier molecular flexibility index (Phi) is 7.56. The van der Waals surface area contributed by atoms with E-state index in [-0.39, 0.29) is 18.7 Å². The van der Waals surface area contributed by atoms with E-state index in [4.69, 9.17) is 14.2 Å². The van der Waals surface area contributed by atoms with Crippen LogP contribution >= 0.6 is 0 Å². The summed E-state index contributed by atoms with van der Waals surface area (Å²) in [4.78, 5) is 12.2. The van der Waals surface area contributed by atoms with Crippen LogP contribution in [0.5, 0.6) is 11.5 Å². The molecule has 1 aliphatic rings. The summed E-state index contributed by atoms with van der Waals surface area (Å²) < 4.78 is 44.4. The molecule has 0 saturated heterocycles. The normalized spacial score (nSPS) is 16.4. The van der Waals surface area contributed by atoms with Gasteiger partial charge < -0.3 is 14.2 Å². The van der Waals surface area contributed by atoms with Gasteiger partial charge in [-0.25, -0.2) is 8.42 Å². The first-order valence-electron chi connectivity index (χ1n) is 10.4. The molecular weight excluding hydrogens is 418 g/mol. The van der Waals surface area contributed by atoms with Crippen molar-refractivity contribution in [3.63, 3.8) is 0 Å². The van der Waals surface area contributed by atoms with Crippen LogP contribution in [0.15, 0.2) is 42.5 Å². The Balaban J connectivity index is 2.03. The molecule has 0 amide bonds. The molecule has 8 heteroatoms. The van der Waals surface area contributed by atoms with Gasteiger partial charge in [0.25, 0.3) is 0 Å². The van der Waals surface area contributed by atoms with E-state index in [1.54, 1.807) is 12.1 Å². The molecule has 3 rings (SSSR count). The van der Waals surface area contributed by atoms with Crippen LogP contribution in [0.25, 0.3) is 0 Å². The minimum Gasteiger partial charge on any atom is -0.490 e. The molecule has 1 heterocycles.